The van der Waals surface area contributed by atoms with Gasteiger partial charge in [-0.2, -0.15) is 0 Å². The van der Waals surface area contributed by atoms with Crippen LogP contribution in [0.25, 0.3) is 0 Å². The maximum atomic E-state index is 11.3. The number of carbonyl (C=O) groups excluding carboxylic acids is 1. The van der Waals surface area contributed by atoms with E-state index in [9.17, 15) is 4.79 Å². The highest BCUT2D eigenvalue weighted by atomic mass is 28.2. The Labute approximate surface area is 92.9 Å². The number of rotatable bonds is 5. The maximum Gasteiger partial charge on any atom is 0.319 e. The Morgan fingerprint density at radius 2 is 2.07 bits per heavy atom. The molecule has 0 N–H and O–H groups in total. The van der Waals surface area contributed by atoms with Gasteiger partial charge in [-0.3, -0.25) is 0 Å². The normalized spacial score (nSPS) is 10.5. The molecule has 0 aliphatic rings. The summed E-state index contributed by atoms with van der Waals surface area (Å²) in [6.45, 7) is 5.55. The summed E-state index contributed by atoms with van der Waals surface area (Å²) < 4.78 is 5.20. The maximum absolute atomic E-state index is 11.3. The van der Waals surface area contributed by atoms with Crippen LogP contribution < -0.4 is 0 Å². The summed E-state index contributed by atoms with van der Waals surface area (Å²) in [7, 11) is -0.797. The zero-order valence-corrected chi connectivity index (χ0v) is 10.4. The molecular weight excluding hydrogens is 204 g/mol. The zero-order valence-electron chi connectivity index (χ0n) is 9.03. The smallest absolute Gasteiger partial charge is 0.319 e. The van der Waals surface area contributed by atoms with Gasteiger partial charge in [-0.25, -0.2) is 4.79 Å². The predicted octanol–water partition coefficient (Wildman–Crippen LogP) is 1.78. The number of hydrogen-bond donors (Lipinski definition) is 0. The minimum atomic E-state index is -0.797. The van der Waals surface area contributed by atoms with Crippen molar-refractivity contribution in [2.75, 3.05) is 0 Å². The minimum absolute atomic E-state index is 0.222. The van der Waals surface area contributed by atoms with Gasteiger partial charge < -0.3 is 4.43 Å². The first-order valence-corrected chi connectivity index (χ1v) is 6.70. The van der Waals surface area contributed by atoms with Crippen LogP contribution >= 0.6 is 0 Å². The summed E-state index contributed by atoms with van der Waals surface area (Å²) in [5, 5.41) is 0. The molecule has 15 heavy (non-hydrogen) atoms. The van der Waals surface area contributed by atoms with E-state index in [0.717, 1.165) is 6.04 Å². The van der Waals surface area contributed by atoms with Crippen molar-refractivity contribution in [2.24, 2.45) is 0 Å². The largest absolute Gasteiger partial charge is 0.521 e. The van der Waals surface area contributed by atoms with Gasteiger partial charge in [-0.05, 0) is 18.0 Å². The molecule has 0 saturated heterocycles. The molecule has 2 nitrogen and oxygen atoms in total. The summed E-state index contributed by atoms with van der Waals surface area (Å²) in [4.78, 5) is 11.3. The molecule has 1 aromatic rings. The number of carbonyl (C=O) groups is 1. The Kier molecular flexibility index (Phi) is 4.84. The molecule has 0 aliphatic heterocycles. The van der Waals surface area contributed by atoms with E-state index in [-0.39, 0.29) is 5.97 Å². The van der Waals surface area contributed by atoms with Crippen LogP contribution in [0.2, 0.25) is 0 Å². The minimum Gasteiger partial charge on any atom is -0.521 e. The quantitative estimate of drug-likeness (QED) is 0.558. The molecule has 0 spiro atoms. The van der Waals surface area contributed by atoms with Crippen LogP contribution in [0.15, 0.2) is 42.5 Å². The standard InChI is InChI=1S/C12H16O2Si/c1-3-10(2)12(13)14-15-9-11-7-5-4-6-8-11/h4-8H,2-3,9,15H2,1H3. The van der Waals surface area contributed by atoms with Gasteiger partial charge in [-0.15, -0.1) is 0 Å². The van der Waals surface area contributed by atoms with Crippen molar-refractivity contribution < 1.29 is 9.22 Å². The van der Waals surface area contributed by atoms with Crippen LogP contribution in [0.3, 0.4) is 0 Å². The molecule has 1 rings (SSSR count). The van der Waals surface area contributed by atoms with E-state index in [1.165, 1.54) is 5.56 Å². The Morgan fingerprint density at radius 3 is 2.67 bits per heavy atom. The molecule has 0 fully saturated rings. The third kappa shape index (κ3) is 4.12. The average molecular weight is 220 g/mol. The van der Waals surface area contributed by atoms with Crippen molar-refractivity contribution in [3.8, 4) is 0 Å². The van der Waals surface area contributed by atoms with Crippen molar-refractivity contribution in [1.29, 1.82) is 0 Å². The highest BCUT2D eigenvalue weighted by Crippen LogP contribution is 2.01. The molecule has 0 saturated carbocycles. The summed E-state index contributed by atoms with van der Waals surface area (Å²) >= 11 is 0. The molecule has 0 amide bonds. The van der Waals surface area contributed by atoms with Gasteiger partial charge in [-0.1, -0.05) is 43.8 Å². The van der Waals surface area contributed by atoms with Crippen molar-refractivity contribution in [2.45, 2.75) is 19.4 Å². The number of hydrogen-bond acceptors (Lipinski definition) is 2. The summed E-state index contributed by atoms with van der Waals surface area (Å²) in [6, 6.07) is 11.0. The van der Waals surface area contributed by atoms with Crippen LogP contribution in [-0.2, 0) is 15.3 Å². The Hall–Kier alpha value is -1.35. The van der Waals surface area contributed by atoms with Crippen LogP contribution in [0.5, 0.6) is 0 Å². The van der Waals surface area contributed by atoms with Crippen LogP contribution in [0, 0.1) is 0 Å². The zero-order chi connectivity index (χ0) is 11.1. The second-order valence-electron chi connectivity index (χ2n) is 3.33. The Morgan fingerprint density at radius 1 is 1.40 bits per heavy atom. The van der Waals surface area contributed by atoms with E-state index < -0.39 is 9.76 Å². The molecule has 80 valence electrons. The third-order valence-electron chi connectivity index (χ3n) is 2.18. The molecule has 1 aromatic carbocycles. The third-order valence-corrected chi connectivity index (χ3v) is 3.43. The molecule has 0 radical (unpaired) electrons. The van der Waals surface area contributed by atoms with Crippen molar-refractivity contribution >= 4 is 15.7 Å². The first-order chi connectivity index (χ1) is 7.24. The van der Waals surface area contributed by atoms with E-state index in [4.69, 9.17) is 4.43 Å². The Bertz CT molecular complexity index is 333. The summed E-state index contributed by atoms with van der Waals surface area (Å²) in [5.74, 6) is -0.222. The lowest BCUT2D eigenvalue weighted by Crippen LogP contribution is -2.12. The van der Waals surface area contributed by atoms with Crippen LogP contribution in [0.4, 0.5) is 0 Å². The Balaban J connectivity index is 2.28. The molecule has 0 aromatic heterocycles. The second-order valence-corrected chi connectivity index (χ2v) is 4.53. The fourth-order valence-corrected chi connectivity index (χ4v) is 2.21. The first kappa shape index (κ1) is 11.7. The van der Waals surface area contributed by atoms with Crippen molar-refractivity contribution in [1.82, 2.24) is 0 Å². The molecular formula is C12H16O2Si. The van der Waals surface area contributed by atoms with Crippen molar-refractivity contribution in [3.05, 3.63) is 48.0 Å². The first-order valence-electron chi connectivity index (χ1n) is 5.13. The summed E-state index contributed by atoms with van der Waals surface area (Å²) in [5.41, 5.74) is 1.80. The van der Waals surface area contributed by atoms with Crippen LogP contribution in [0.1, 0.15) is 18.9 Å². The van der Waals surface area contributed by atoms with Gasteiger partial charge in [0.1, 0.15) is 0 Å². The van der Waals surface area contributed by atoms with E-state index >= 15 is 0 Å². The summed E-state index contributed by atoms with van der Waals surface area (Å²) in [6.07, 6.45) is 0.665. The highest BCUT2D eigenvalue weighted by Gasteiger charge is 2.05. The lowest BCUT2D eigenvalue weighted by Gasteiger charge is -2.05. The van der Waals surface area contributed by atoms with Gasteiger partial charge in [0, 0.05) is 5.57 Å². The van der Waals surface area contributed by atoms with Gasteiger partial charge in [0.25, 0.3) is 0 Å². The second kappa shape index (κ2) is 6.19. The predicted molar refractivity (Wildman–Crippen MR) is 64.2 cm³/mol. The lowest BCUT2D eigenvalue weighted by molar-refractivity contribution is -0.130. The van der Waals surface area contributed by atoms with E-state index in [2.05, 4.69) is 18.7 Å². The average Bonchev–Trinajstić information content (AvgIpc) is 2.29. The van der Waals surface area contributed by atoms with Gasteiger partial charge in [0.05, 0.1) is 0 Å². The van der Waals surface area contributed by atoms with Crippen LogP contribution in [-0.4, -0.2) is 15.7 Å². The lowest BCUT2D eigenvalue weighted by atomic mass is 10.2. The van der Waals surface area contributed by atoms with Gasteiger partial charge in [0.2, 0.25) is 9.76 Å². The topological polar surface area (TPSA) is 26.3 Å². The molecule has 3 heteroatoms. The van der Waals surface area contributed by atoms with Gasteiger partial charge >= 0.3 is 5.97 Å². The molecule has 0 atom stereocenters. The van der Waals surface area contributed by atoms with Crippen molar-refractivity contribution in [3.63, 3.8) is 0 Å². The van der Waals surface area contributed by atoms with E-state index in [1.807, 2.05) is 25.1 Å². The molecule has 0 heterocycles. The van der Waals surface area contributed by atoms with Gasteiger partial charge in [0.15, 0.2) is 0 Å². The monoisotopic (exact) mass is 220 g/mol. The molecule has 0 aliphatic carbocycles. The SMILES string of the molecule is C=C(CC)C(=O)O[SiH2]Cc1ccccc1. The molecule has 0 bridgehead atoms. The van der Waals surface area contributed by atoms with E-state index in [1.54, 1.807) is 0 Å². The molecule has 0 unspecified atom stereocenters. The fraction of sp³-hybridized carbons (Fsp3) is 0.250. The highest BCUT2D eigenvalue weighted by molar-refractivity contribution is 6.31. The fourth-order valence-electron chi connectivity index (χ4n) is 1.15. The number of benzene rings is 1. The van der Waals surface area contributed by atoms with E-state index in [0.29, 0.717) is 12.0 Å².